The van der Waals surface area contributed by atoms with E-state index in [0.717, 1.165) is 11.1 Å². The van der Waals surface area contributed by atoms with E-state index in [-0.39, 0.29) is 0 Å². The molecule has 1 aromatic carbocycles. The normalized spacial score (nSPS) is 10.6. The molecule has 0 spiro atoms. The fraction of sp³-hybridized carbons (Fsp3) is 0.333. The molecule has 2 heteroatoms. The van der Waals surface area contributed by atoms with Gasteiger partial charge in [-0.15, -0.1) is 0 Å². The van der Waals surface area contributed by atoms with Crippen LogP contribution in [0, 0.1) is 12.8 Å². The zero-order valence-corrected chi connectivity index (χ0v) is 8.26. The Morgan fingerprint density at radius 2 is 1.71 bits per heavy atom. The van der Waals surface area contributed by atoms with Gasteiger partial charge in [0.25, 0.3) is 0 Å². The van der Waals surface area contributed by atoms with Crippen molar-refractivity contribution in [1.82, 2.24) is 0 Å². The maximum absolute atomic E-state index is 12.4. The predicted molar refractivity (Wildman–Crippen MR) is 55.7 cm³/mol. The van der Waals surface area contributed by atoms with Crippen molar-refractivity contribution in [2.24, 2.45) is 5.92 Å². The summed E-state index contributed by atoms with van der Waals surface area (Å²) in [5.74, 6) is -0.697. The van der Waals surface area contributed by atoms with Gasteiger partial charge in [0.1, 0.15) is 0 Å². The second-order valence-corrected chi connectivity index (χ2v) is 3.40. The summed E-state index contributed by atoms with van der Waals surface area (Å²) in [7, 11) is 0. The van der Waals surface area contributed by atoms with Crippen LogP contribution in [-0.2, 0) is 0 Å². The summed E-state index contributed by atoms with van der Waals surface area (Å²) < 4.78 is 24.7. The van der Waals surface area contributed by atoms with E-state index >= 15 is 0 Å². The number of hydrogen-bond acceptors (Lipinski definition) is 0. The van der Waals surface area contributed by atoms with Crippen molar-refractivity contribution < 1.29 is 8.78 Å². The number of halogens is 2. The van der Waals surface area contributed by atoms with E-state index in [2.05, 4.69) is 6.58 Å². The predicted octanol–water partition coefficient (Wildman–Crippen LogP) is 3.56. The summed E-state index contributed by atoms with van der Waals surface area (Å²) >= 11 is 0. The van der Waals surface area contributed by atoms with Crippen molar-refractivity contribution in [3.05, 3.63) is 42.0 Å². The van der Waals surface area contributed by atoms with Crippen molar-refractivity contribution in [3.63, 3.8) is 0 Å². The largest absolute Gasteiger partial charge is 0.250 e. The topological polar surface area (TPSA) is 0 Å². The third-order valence-corrected chi connectivity index (χ3v) is 2.29. The molecule has 0 fully saturated rings. The molecular weight excluding hydrogens is 182 g/mol. The first-order chi connectivity index (χ1) is 6.69. The third-order valence-electron chi connectivity index (χ3n) is 2.29. The molecule has 0 aromatic heterocycles. The van der Waals surface area contributed by atoms with Gasteiger partial charge < -0.3 is 0 Å². The summed E-state index contributed by atoms with van der Waals surface area (Å²) in [5, 5.41) is 0. The monoisotopic (exact) mass is 196 g/mol. The van der Waals surface area contributed by atoms with Gasteiger partial charge >= 0.3 is 0 Å². The summed E-state index contributed by atoms with van der Waals surface area (Å²) in [6, 6.07) is 7.51. The lowest BCUT2D eigenvalue weighted by molar-refractivity contribution is 0.341. The lowest BCUT2D eigenvalue weighted by atomic mass is 9.95. The molecule has 76 valence electrons. The van der Waals surface area contributed by atoms with E-state index in [0.29, 0.717) is 5.57 Å². The van der Waals surface area contributed by atoms with Gasteiger partial charge in [-0.25, -0.2) is 0 Å². The van der Waals surface area contributed by atoms with Gasteiger partial charge in [0.2, 0.25) is 0 Å². The average molecular weight is 196 g/mol. The third kappa shape index (κ3) is 2.41. The standard InChI is InChI=1S/C12H14F2/c1-9-3-5-11(6-4-9)10(2)12(7-13)8-14/h3-6,12H,2,7-8H2,1H3. The van der Waals surface area contributed by atoms with E-state index in [9.17, 15) is 8.78 Å². The molecule has 0 nitrogen and oxygen atoms in total. The molecule has 1 rings (SSSR count). The molecule has 0 heterocycles. The molecule has 0 aliphatic carbocycles. The average Bonchev–Trinajstić information content (AvgIpc) is 2.20. The number of benzene rings is 1. The SMILES string of the molecule is C=C(c1ccc(C)cc1)C(CF)CF. The van der Waals surface area contributed by atoms with Gasteiger partial charge in [-0.05, 0) is 18.1 Å². The first-order valence-corrected chi connectivity index (χ1v) is 4.56. The quantitative estimate of drug-likeness (QED) is 0.690. The van der Waals surface area contributed by atoms with E-state index < -0.39 is 19.3 Å². The van der Waals surface area contributed by atoms with Crippen molar-refractivity contribution in [3.8, 4) is 0 Å². The van der Waals surface area contributed by atoms with Crippen LogP contribution in [0.5, 0.6) is 0 Å². The summed E-state index contributed by atoms with van der Waals surface area (Å²) in [5.41, 5.74) is 2.48. The smallest absolute Gasteiger partial charge is 0.0988 e. The molecule has 0 N–H and O–H groups in total. The molecule has 0 bridgehead atoms. The van der Waals surface area contributed by atoms with Crippen LogP contribution in [0.1, 0.15) is 11.1 Å². The lowest BCUT2D eigenvalue weighted by Crippen LogP contribution is -2.07. The summed E-state index contributed by atoms with van der Waals surface area (Å²) in [4.78, 5) is 0. The van der Waals surface area contributed by atoms with Crippen LogP contribution in [0.2, 0.25) is 0 Å². The molecule has 0 amide bonds. The van der Waals surface area contributed by atoms with Crippen LogP contribution in [0.4, 0.5) is 8.78 Å². The summed E-state index contributed by atoms with van der Waals surface area (Å²) in [6.45, 7) is 4.30. The highest BCUT2D eigenvalue weighted by Gasteiger charge is 2.13. The molecule has 0 aliphatic rings. The fourth-order valence-electron chi connectivity index (χ4n) is 1.23. The molecule has 0 atom stereocenters. The minimum Gasteiger partial charge on any atom is -0.250 e. The van der Waals surface area contributed by atoms with Crippen LogP contribution in [0.3, 0.4) is 0 Å². The Balaban J connectivity index is 2.83. The van der Waals surface area contributed by atoms with Gasteiger partial charge in [-0.2, -0.15) is 0 Å². The van der Waals surface area contributed by atoms with Gasteiger partial charge in [-0.3, -0.25) is 8.78 Å². The highest BCUT2D eigenvalue weighted by atomic mass is 19.1. The zero-order chi connectivity index (χ0) is 10.6. The van der Waals surface area contributed by atoms with E-state index in [1.165, 1.54) is 0 Å². The highest BCUT2D eigenvalue weighted by molar-refractivity contribution is 5.65. The van der Waals surface area contributed by atoms with Gasteiger partial charge in [0, 0.05) is 5.92 Å². The zero-order valence-electron chi connectivity index (χ0n) is 8.26. The Labute approximate surface area is 83.3 Å². The fourth-order valence-corrected chi connectivity index (χ4v) is 1.23. The van der Waals surface area contributed by atoms with Gasteiger partial charge in [0.15, 0.2) is 0 Å². The van der Waals surface area contributed by atoms with Crippen LogP contribution < -0.4 is 0 Å². The Bertz CT molecular complexity index is 297. The summed E-state index contributed by atoms with van der Waals surface area (Å²) in [6.07, 6.45) is 0. The molecule has 0 saturated carbocycles. The van der Waals surface area contributed by atoms with Gasteiger partial charge in [0.05, 0.1) is 13.3 Å². The van der Waals surface area contributed by atoms with E-state index in [4.69, 9.17) is 0 Å². The minimum absolute atomic E-state index is 0.537. The number of aryl methyl sites for hydroxylation is 1. The Morgan fingerprint density at radius 3 is 2.14 bits per heavy atom. The second-order valence-electron chi connectivity index (χ2n) is 3.40. The number of hydrogen-bond donors (Lipinski definition) is 0. The number of allylic oxidation sites excluding steroid dienone is 1. The second kappa shape index (κ2) is 4.89. The van der Waals surface area contributed by atoms with Crippen molar-refractivity contribution in [2.75, 3.05) is 13.3 Å². The molecule has 14 heavy (non-hydrogen) atoms. The number of alkyl halides is 2. The molecule has 1 aromatic rings. The van der Waals surface area contributed by atoms with E-state index in [1.807, 2.05) is 31.2 Å². The van der Waals surface area contributed by atoms with Crippen molar-refractivity contribution >= 4 is 5.57 Å². The maximum Gasteiger partial charge on any atom is 0.0988 e. The molecule has 0 unspecified atom stereocenters. The molecule has 0 saturated heterocycles. The van der Waals surface area contributed by atoms with Crippen LogP contribution >= 0.6 is 0 Å². The van der Waals surface area contributed by atoms with E-state index in [1.54, 1.807) is 0 Å². The minimum atomic E-state index is -0.697. The number of rotatable bonds is 4. The van der Waals surface area contributed by atoms with Gasteiger partial charge in [-0.1, -0.05) is 36.4 Å². The Hall–Kier alpha value is -1.18. The Morgan fingerprint density at radius 1 is 1.21 bits per heavy atom. The lowest BCUT2D eigenvalue weighted by Gasteiger charge is -2.12. The van der Waals surface area contributed by atoms with Crippen LogP contribution in [0.25, 0.3) is 5.57 Å². The van der Waals surface area contributed by atoms with Crippen LogP contribution in [0.15, 0.2) is 30.8 Å². The van der Waals surface area contributed by atoms with Crippen molar-refractivity contribution in [2.45, 2.75) is 6.92 Å². The molecular formula is C12H14F2. The first-order valence-electron chi connectivity index (χ1n) is 4.56. The van der Waals surface area contributed by atoms with Crippen LogP contribution in [-0.4, -0.2) is 13.3 Å². The first kappa shape index (κ1) is 10.9. The van der Waals surface area contributed by atoms with Crippen molar-refractivity contribution in [1.29, 1.82) is 0 Å². The highest BCUT2D eigenvalue weighted by Crippen LogP contribution is 2.22. The molecule has 0 aliphatic heterocycles. The molecule has 0 radical (unpaired) electrons. The Kier molecular flexibility index (Phi) is 3.81. The maximum atomic E-state index is 12.4.